The van der Waals surface area contributed by atoms with Crippen LogP contribution >= 0.6 is 11.3 Å². The molecule has 0 aliphatic carbocycles. The summed E-state index contributed by atoms with van der Waals surface area (Å²) in [6, 6.07) is 7.40. The molecule has 2 aliphatic heterocycles. The fourth-order valence-electron chi connectivity index (χ4n) is 3.18. The zero-order chi connectivity index (χ0) is 14.9. The van der Waals surface area contributed by atoms with Gasteiger partial charge in [-0.25, -0.2) is 0 Å². The number of benzene rings is 1. The number of piperidine rings is 1. The number of hydrogen-bond donors (Lipinski definition) is 1. The summed E-state index contributed by atoms with van der Waals surface area (Å²) in [5.74, 6) is 1.25. The second-order valence-corrected chi connectivity index (χ2v) is 6.52. The molecule has 6 nitrogen and oxygen atoms in total. The zero-order valence-corrected chi connectivity index (χ0v) is 12.8. The minimum atomic E-state index is -0.0128. The normalized spacial score (nSPS) is 26.1. The van der Waals surface area contributed by atoms with E-state index in [0.29, 0.717) is 28.5 Å². The van der Waals surface area contributed by atoms with Crippen molar-refractivity contribution in [1.29, 1.82) is 0 Å². The van der Waals surface area contributed by atoms with Crippen molar-refractivity contribution in [3.05, 3.63) is 35.3 Å². The lowest BCUT2D eigenvalue weighted by atomic mass is 9.99. The average Bonchev–Trinajstić information content (AvgIpc) is 3.25. The van der Waals surface area contributed by atoms with Gasteiger partial charge in [0.1, 0.15) is 11.3 Å². The highest BCUT2D eigenvalue weighted by Gasteiger charge is 2.38. The molecule has 3 unspecified atom stereocenters. The molecular weight excluding hydrogens is 300 g/mol. The molecule has 1 aromatic heterocycles. The molecule has 4 rings (SSSR count). The first-order valence-corrected chi connectivity index (χ1v) is 8.23. The molecule has 0 radical (unpaired) electrons. The Hall–Kier alpha value is -1.99. The minimum absolute atomic E-state index is 0.0128. The molecule has 1 aromatic carbocycles. The van der Waals surface area contributed by atoms with Crippen LogP contribution in [0.25, 0.3) is 0 Å². The molecule has 0 saturated carbocycles. The van der Waals surface area contributed by atoms with Gasteiger partial charge in [-0.2, -0.15) is 0 Å². The first-order valence-electron chi connectivity index (χ1n) is 7.35. The van der Waals surface area contributed by atoms with Gasteiger partial charge in [0.25, 0.3) is 11.1 Å². The molecule has 2 fully saturated rings. The Morgan fingerprint density at radius 2 is 2.18 bits per heavy atom. The predicted molar refractivity (Wildman–Crippen MR) is 82.2 cm³/mol. The van der Waals surface area contributed by atoms with Crippen molar-refractivity contribution >= 4 is 17.2 Å². The highest BCUT2D eigenvalue weighted by molar-refractivity contribution is 7.11. The van der Waals surface area contributed by atoms with E-state index < -0.39 is 0 Å². The van der Waals surface area contributed by atoms with Crippen LogP contribution in [0, 0.1) is 5.92 Å². The monoisotopic (exact) mass is 316 g/mol. The fraction of sp³-hybridized carbons (Fsp3) is 0.400. The summed E-state index contributed by atoms with van der Waals surface area (Å²) >= 11 is 1.33. The van der Waals surface area contributed by atoms with Crippen molar-refractivity contribution in [2.45, 2.75) is 12.5 Å². The largest absolute Gasteiger partial charge is 0.430 e. The maximum Gasteiger partial charge on any atom is 0.299 e. The molecule has 1 amide bonds. The van der Waals surface area contributed by atoms with Crippen molar-refractivity contribution in [2.75, 3.05) is 19.6 Å². The lowest BCUT2D eigenvalue weighted by molar-refractivity contribution is 0.0924. The van der Waals surface area contributed by atoms with E-state index in [1.54, 1.807) is 29.8 Å². The maximum absolute atomic E-state index is 12.3. The number of nitrogens with one attached hydrogen (secondary N) is 1. The van der Waals surface area contributed by atoms with E-state index in [-0.39, 0.29) is 5.91 Å². The molecule has 1 N–H and O–H groups in total. The molecule has 3 heterocycles. The molecule has 22 heavy (non-hydrogen) atoms. The van der Waals surface area contributed by atoms with Crippen molar-refractivity contribution < 1.29 is 9.53 Å². The number of rotatable bonds is 4. The number of ether oxygens (including phenoxy) is 1. The number of carbonyl (C=O) groups excluding carboxylic acids is 1. The van der Waals surface area contributed by atoms with Gasteiger partial charge in [0.15, 0.2) is 0 Å². The summed E-state index contributed by atoms with van der Waals surface area (Å²) < 4.78 is 5.53. The van der Waals surface area contributed by atoms with Crippen molar-refractivity contribution in [3.8, 4) is 10.9 Å². The highest BCUT2D eigenvalue weighted by atomic mass is 32.1. The van der Waals surface area contributed by atoms with Gasteiger partial charge in [0, 0.05) is 24.7 Å². The van der Waals surface area contributed by atoms with Gasteiger partial charge in [0.05, 0.1) is 0 Å². The predicted octanol–water partition coefficient (Wildman–Crippen LogP) is 1.76. The van der Waals surface area contributed by atoms with Crippen molar-refractivity contribution in [2.24, 2.45) is 5.92 Å². The van der Waals surface area contributed by atoms with Crippen LogP contribution in [0.1, 0.15) is 16.8 Å². The second-order valence-electron chi connectivity index (χ2n) is 5.72. The van der Waals surface area contributed by atoms with Crippen LogP contribution in [-0.4, -0.2) is 46.7 Å². The summed E-state index contributed by atoms with van der Waals surface area (Å²) in [6.45, 7) is 3.28. The van der Waals surface area contributed by atoms with Gasteiger partial charge in [-0.15, -0.1) is 5.10 Å². The quantitative estimate of drug-likeness (QED) is 0.931. The van der Waals surface area contributed by atoms with Gasteiger partial charge >= 0.3 is 0 Å². The Labute approximate surface area is 132 Å². The van der Waals surface area contributed by atoms with Crippen LogP contribution in [0.3, 0.4) is 0 Å². The second kappa shape index (κ2) is 5.66. The van der Waals surface area contributed by atoms with E-state index in [1.807, 2.05) is 0 Å². The fourth-order valence-corrected chi connectivity index (χ4v) is 3.60. The Bertz CT molecular complexity index is 659. The van der Waals surface area contributed by atoms with Crippen LogP contribution in [0.4, 0.5) is 0 Å². The van der Waals surface area contributed by atoms with E-state index in [9.17, 15) is 4.79 Å². The smallest absolute Gasteiger partial charge is 0.299 e. The SMILES string of the molecule is O=C(NC1CN2CCC1C2)c1ccc(Oc2nncs2)cc1. The van der Waals surface area contributed by atoms with Gasteiger partial charge in [0.2, 0.25) is 0 Å². The van der Waals surface area contributed by atoms with Gasteiger partial charge in [-0.3, -0.25) is 4.79 Å². The maximum atomic E-state index is 12.3. The van der Waals surface area contributed by atoms with E-state index in [1.165, 1.54) is 24.3 Å². The Kier molecular flexibility index (Phi) is 3.51. The van der Waals surface area contributed by atoms with Crippen LogP contribution < -0.4 is 10.1 Å². The summed E-state index contributed by atoms with van der Waals surface area (Å²) in [7, 11) is 0. The van der Waals surface area contributed by atoms with Gasteiger partial charge < -0.3 is 15.0 Å². The molecule has 7 heteroatoms. The van der Waals surface area contributed by atoms with Crippen LogP contribution in [0.5, 0.6) is 10.9 Å². The number of fused-ring (bicyclic) bond motifs is 2. The lowest BCUT2D eigenvalue weighted by Gasteiger charge is -2.23. The zero-order valence-electron chi connectivity index (χ0n) is 11.9. The molecule has 2 aliphatic rings. The third-order valence-electron chi connectivity index (χ3n) is 4.31. The number of carbonyl (C=O) groups is 1. The van der Waals surface area contributed by atoms with Crippen LogP contribution in [0.2, 0.25) is 0 Å². The Balaban J connectivity index is 1.38. The molecular formula is C15H16N4O2S. The van der Waals surface area contributed by atoms with Crippen molar-refractivity contribution in [1.82, 2.24) is 20.4 Å². The molecule has 2 saturated heterocycles. The van der Waals surface area contributed by atoms with E-state index in [4.69, 9.17) is 4.74 Å². The standard InChI is InChI=1S/C15H16N4O2S/c20-14(17-13-8-19-6-5-11(13)7-19)10-1-3-12(4-2-10)21-15-18-16-9-22-15/h1-4,9,11,13H,5-8H2,(H,17,20). The number of nitrogens with zero attached hydrogens (tertiary/aromatic N) is 3. The van der Waals surface area contributed by atoms with Crippen LogP contribution in [-0.2, 0) is 0 Å². The molecule has 114 valence electrons. The molecule has 2 aromatic rings. The highest BCUT2D eigenvalue weighted by Crippen LogP contribution is 2.28. The lowest BCUT2D eigenvalue weighted by Crippen LogP contribution is -2.43. The Morgan fingerprint density at radius 3 is 2.82 bits per heavy atom. The average molecular weight is 316 g/mol. The number of aromatic nitrogens is 2. The number of amides is 1. The minimum Gasteiger partial charge on any atom is -0.430 e. The first kappa shape index (κ1) is 13.7. The first-order chi connectivity index (χ1) is 10.8. The van der Waals surface area contributed by atoms with E-state index >= 15 is 0 Å². The molecule has 2 bridgehead atoms. The summed E-state index contributed by atoms with van der Waals surface area (Å²) in [4.78, 5) is 14.7. The van der Waals surface area contributed by atoms with E-state index in [2.05, 4.69) is 20.4 Å². The topological polar surface area (TPSA) is 67.4 Å². The van der Waals surface area contributed by atoms with Crippen LogP contribution in [0.15, 0.2) is 29.8 Å². The van der Waals surface area contributed by atoms with Crippen molar-refractivity contribution in [3.63, 3.8) is 0 Å². The van der Waals surface area contributed by atoms with Gasteiger partial charge in [-0.05, 0) is 43.1 Å². The van der Waals surface area contributed by atoms with Gasteiger partial charge in [-0.1, -0.05) is 16.4 Å². The Morgan fingerprint density at radius 1 is 1.32 bits per heavy atom. The number of hydrogen-bond acceptors (Lipinski definition) is 6. The van der Waals surface area contributed by atoms with E-state index in [0.717, 1.165) is 13.1 Å². The third kappa shape index (κ3) is 2.69. The third-order valence-corrected chi connectivity index (χ3v) is 4.88. The summed E-state index contributed by atoms with van der Waals surface area (Å²) in [5.41, 5.74) is 2.27. The summed E-state index contributed by atoms with van der Waals surface area (Å²) in [6.07, 6.45) is 1.19. The molecule has 3 atom stereocenters. The molecule has 0 spiro atoms. The summed E-state index contributed by atoms with van der Waals surface area (Å²) in [5, 5.41) is 11.2.